The fraction of sp³-hybridized carbons (Fsp3) is 0.417. The number of urea groups is 1. The Bertz CT molecular complexity index is 797. The molecule has 5 heteroatoms. The molecule has 1 atom stereocenters. The summed E-state index contributed by atoms with van der Waals surface area (Å²) >= 11 is 0. The number of carbonyl (C=O) groups excluding carboxylic acids is 2. The minimum Gasteiger partial charge on any atom is -0.341 e. The predicted molar refractivity (Wildman–Crippen MR) is 117 cm³/mol. The van der Waals surface area contributed by atoms with E-state index < -0.39 is 6.04 Å². The molecule has 2 aromatic rings. The first-order valence-electron chi connectivity index (χ1n) is 10.5. The van der Waals surface area contributed by atoms with Crippen molar-refractivity contribution in [3.63, 3.8) is 0 Å². The topological polar surface area (TPSA) is 61.4 Å². The highest BCUT2D eigenvalue weighted by atomic mass is 16.2. The summed E-state index contributed by atoms with van der Waals surface area (Å²) in [6, 6.07) is 17.1. The molecular formula is C24H31N3O2. The minimum atomic E-state index is -0.539. The quantitative estimate of drug-likeness (QED) is 0.765. The Labute approximate surface area is 173 Å². The molecule has 1 fully saturated rings. The van der Waals surface area contributed by atoms with E-state index in [0.717, 1.165) is 32.4 Å². The molecule has 1 saturated heterocycles. The van der Waals surface area contributed by atoms with Crippen LogP contribution in [0, 0.1) is 12.8 Å². The first-order valence-corrected chi connectivity index (χ1v) is 10.5. The second-order valence-electron chi connectivity index (χ2n) is 7.98. The van der Waals surface area contributed by atoms with E-state index in [1.54, 1.807) is 6.92 Å². The van der Waals surface area contributed by atoms with Crippen LogP contribution in [0.25, 0.3) is 0 Å². The van der Waals surface area contributed by atoms with Crippen LogP contribution in [-0.2, 0) is 11.2 Å². The minimum absolute atomic E-state index is 0.00908. The maximum absolute atomic E-state index is 12.7. The summed E-state index contributed by atoms with van der Waals surface area (Å²) in [5, 5.41) is 5.50. The van der Waals surface area contributed by atoms with Gasteiger partial charge in [0, 0.05) is 18.8 Å². The van der Waals surface area contributed by atoms with Gasteiger partial charge in [0.15, 0.2) is 0 Å². The number of nitrogens with zero attached hydrogens (tertiary/aromatic N) is 1. The van der Waals surface area contributed by atoms with E-state index in [4.69, 9.17) is 0 Å². The molecule has 29 heavy (non-hydrogen) atoms. The molecule has 0 radical (unpaired) electrons. The van der Waals surface area contributed by atoms with Crippen LogP contribution in [-0.4, -0.2) is 36.0 Å². The van der Waals surface area contributed by atoms with Crippen molar-refractivity contribution >= 4 is 17.6 Å². The fourth-order valence-corrected chi connectivity index (χ4v) is 3.79. The van der Waals surface area contributed by atoms with Crippen molar-refractivity contribution < 1.29 is 9.59 Å². The summed E-state index contributed by atoms with van der Waals surface area (Å²) in [4.78, 5) is 26.7. The molecule has 2 N–H and O–H groups in total. The van der Waals surface area contributed by atoms with E-state index in [0.29, 0.717) is 11.6 Å². The van der Waals surface area contributed by atoms with Crippen LogP contribution in [0.15, 0.2) is 54.6 Å². The van der Waals surface area contributed by atoms with Gasteiger partial charge in [0.05, 0.1) is 0 Å². The first kappa shape index (κ1) is 20.9. The smallest absolute Gasteiger partial charge is 0.319 e. The highest BCUT2D eigenvalue weighted by molar-refractivity contribution is 5.93. The van der Waals surface area contributed by atoms with Crippen molar-refractivity contribution in [2.24, 2.45) is 5.92 Å². The lowest BCUT2D eigenvalue weighted by Crippen LogP contribution is -2.50. The normalized spacial score (nSPS) is 15.6. The number of para-hydroxylation sites is 1. The van der Waals surface area contributed by atoms with Gasteiger partial charge in [-0.2, -0.15) is 0 Å². The van der Waals surface area contributed by atoms with Crippen LogP contribution in [0.1, 0.15) is 37.3 Å². The Hall–Kier alpha value is -2.82. The lowest BCUT2D eigenvalue weighted by atomic mass is 9.90. The number of benzene rings is 2. The third-order valence-corrected chi connectivity index (χ3v) is 5.64. The van der Waals surface area contributed by atoms with E-state index in [1.165, 1.54) is 17.5 Å². The van der Waals surface area contributed by atoms with Gasteiger partial charge in [-0.1, -0.05) is 48.0 Å². The third-order valence-electron chi connectivity index (χ3n) is 5.64. The molecule has 154 valence electrons. The van der Waals surface area contributed by atoms with Crippen molar-refractivity contribution in [2.45, 2.75) is 45.6 Å². The van der Waals surface area contributed by atoms with Gasteiger partial charge in [-0.3, -0.25) is 4.79 Å². The molecule has 3 rings (SSSR count). The summed E-state index contributed by atoms with van der Waals surface area (Å²) in [7, 11) is 0. The Morgan fingerprint density at radius 2 is 1.69 bits per heavy atom. The molecule has 0 spiro atoms. The van der Waals surface area contributed by atoms with Crippen LogP contribution in [0.2, 0.25) is 0 Å². The van der Waals surface area contributed by atoms with Crippen LogP contribution in [0.3, 0.4) is 0 Å². The SMILES string of the molecule is Cc1ccc(CCC2CCN(C(=O)C(C)NC(=O)Nc3ccccc3)CC2)cc1. The summed E-state index contributed by atoms with van der Waals surface area (Å²) in [6.07, 6.45) is 4.32. The molecular weight excluding hydrogens is 362 g/mol. The molecule has 5 nitrogen and oxygen atoms in total. The van der Waals surface area contributed by atoms with Crippen LogP contribution < -0.4 is 10.6 Å². The second kappa shape index (κ2) is 10.1. The zero-order valence-corrected chi connectivity index (χ0v) is 17.4. The predicted octanol–water partition coefficient (Wildman–Crippen LogP) is 4.38. The van der Waals surface area contributed by atoms with Gasteiger partial charge in [0.25, 0.3) is 0 Å². The lowest BCUT2D eigenvalue weighted by Gasteiger charge is -2.33. The van der Waals surface area contributed by atoms with E-state index in [-0.39, 0.29) is 11.9 Å². The van der Waals surface area contributed by atoms with Gasteiger partial charge >= 0.3 is 6.03 Å². The Morgan fingerprint density at radius 1 is 1.03 bits per heavy atom. The summed E-state index contributed by atoms with van der Waals surface area (Å²) in [6.45, 7) is 5.39. The van der Waals surface area contributed by atoms with Gasteiger partial charge in [-0.25, -0.2) is 4.79 Å². The van der Waals surface area contributed by atoms with Crippen LogP contribution in [0.5, 0.6) is 0 Å². The molecule has 2 aromatic carbocycles. The average Bonchev–Trinajstić information content (AvgIpc) is 2.74. The van der Waals surface area contributed by atoms with Gasteiger partial charge < -0.3 is 15.5 Å². The summed E-state index contributed by atoms with van der Waals surface area (Å²) in [5.74, 6) is 0.648. The number of carbonyl (C=O) groups is 2. The number of aryl methyl sites for hydroxylation is 2. The number of nitrogens with one attached hydrogen (secondary N) is 2. The van der Waals surface area contributed by atoms with Gasteiger partial charge in [0.1, 0.15) is 6.04 Å². The maximum Gasteiger partial charge on any atom is 0.319 e. The first-order chi connectivity index (χ1) is 14.0. The Morgan fingerprint density at radius 3 is 2.34 bits per heavy atom. The van der Waals surface area contributed by atoms with Crippen molar-refractivity contribution in [3.05, 3.63) is 65.7 Å². The van der Waals surface area contributed by atoms with E-state index in [2.05, 4.69) is 41.8 Å². The zero-order chi connectivity index (χ0) is 20.6. The number of piperidine rings is 1. The molecule has 1 aliphatic rings. The Kier molecular flexibility index (Phi) is 7.28. The molecule has 0 aliphatic carbocycles. The number of anilines is 1. The van der Waals surface area contributed by atoms with Crippen LogP contribution >= 0.6 is 0 Å². The van der Waals surface area contributed by atoms with E-state index in [1.807, 2.05) is 35.2 Å². The molecule has 1 unspecified atom stereocenters. The molecule has 0 bridgehead atoms. The van der Waals surface area contributed by atoms with E-state index >= 15 is 0 Å². The van der Waals surface area contributed by atoms with Gasteiger partial charge in [0.2, 0.25) is 5.91 Å². The van der Waals surface area contributed by atoms with Crippen LogP contribution in [0.4, 0.5) is 10.5 Å². The number of rotatable bonds is 6. The van der Waals surface area contributed by atoms with E-state index in [9.17, 15) is 9.59 Å². The highest BCUT2D eigenvalue weighted by Crippen LogP contribution is 2.23. The maximum atomic E-state index is 12.7. The van der Waals surface area contributed by atoms with Crippen molar-refractivity contribution in [3.8, 4) is 0 Å². The van der Waals surface area contributed by atoms with Crippen molar-refractivity contribution in [2.75, 3.05) is 18.4 Å². The molecule has 3 amide bonds. The van der Waals surface area contributed by atoms with Gasteiger partial charge in [-0.05, 0) is 63.1 Å². The van der Waals surface area contributed by atoms with Gasteiger partial charge in [-0.15, -0.1) is 0 Å². The molecule has 1 heterocycles. The van der Waals surface area contributed by atoms with Crippen molar-refractivity contribution in [1.29, 1.82) is 0 Å². The third kappa shape index (κ3) is 6.34. The average molecular weight is 394 g/mol. The molecule has 0 saturated carbocycles. The largest absolute Gasteiger partial charge is 0.341 e. The van der Waals surface area contributed by atoms with Crippen molar-refractivity contribution in [1.82, 2.24) is 10.2 Å². The lowest BCUT2D eigenvalue weighted by molar-refractivity contribution is -0.134. The second-order valence-corrected chi connectivity index (χ2v) is 7.98. The number of likely N-dealkylation sites (tertiary alicyclic amines) is 1. The monoisotopic (exact) mass is 393 g/mol. The standard InChI is InChI=1S/C24H31N3O2/c1-18-8-10-20(11-9-18)12-13-21-14-16-27(17-15-21)23(28)19(2)25-24(29)26-22-6-4-3-5-7-22/h3-11,19,21H,12-17H2,1-2H3,(H2,25,26,29). The summed E-state index contributed by atoms with van der Waals surface area (Å²) < 4.78 is 0. The molecule has 0 aromatic heterocycles. The number of amides is 3. The number of hydrogen-bond acceptors (Lipinski definition) is 2. The number of hydrogen-bond donors (Lipinski definition) is 2. The fourth-order valence-electron chi connectivity index (χ4n) is 3.79. The summed E-state index contributed by atoms with van der Waals surface area (Å²) in [5.41, 5.74) is 3.39. The Balaban J connectivity index is 1.39. The molecule has 1 aliphatic heterocycles. The zero-order valence-electron chi connectivity index (χ0n) is 17.4. The highest BCUT2D eigenvalue weighted by Gasteiger charge is 2.26.